The summed E-state index contributed by atoms with van der Waals surface area (Å²) in [5.41, 5.74) is 3.35. The van der Waals surface area contributed by atoms with Gasteiger partial charge >= 0.3 is 0 Å². The Kier molecular flexibility index (Phi) is 7.61. The van der Waals surface area contributed by atoms with E-state index >= 15 is 0 Å². The summed E-state index contributed by atoms with van der Waals surface area (Å²) in [5, 5.41) is 18.9. The number of aliphatic hydroxyl groups excluding tert-OH is 2. The van der Waals surface area contributed by atoms with Crippen molar-refractivity contribution in [3.8, 4) is 0 Å². The second-order valence-corrected chi connectivity index (χ2v) is 5.69. The first-order valence-corrected chi connectivity index (χ1v) is 8.29. The van der Waals surface area contributed by atoms with E-state index in [-0.39, 0.29) is 32.3 Å². The minimum atomic E-state index is -0.0931. The fraction of sp³-hybridized carbons (Fsp3) is 0.588. The second-order valence-electron chi connectivity index (χ2n) is 5.69. The summed E-state index contributed by atoms with van der Waals surface area (Å²) in [6.07, 6.45) is 2.98. The SMILES string of the molecule is CN1C(=O)CCc2ccc(CCCN(OCCO)OCCO)cc21. The van der Waals surface area contributed by atoms with Crippen LogP contribution in [0.1, 0.15) is 24.0 Å². The third-order valence-corrected chi connectivity index (χ3v) is 3.95. The Hall–Kier alpha value is -1.51. The summed E-state index contributed by atoms with van der Waals surface area (Å²) in [7, 11) is 1.82. The van der Waals surface area contributed by atoms with Gasteiger partial charge in [-0.25, -0.2) is 0 Å². The number of aliphatic hydroxyl groups is 2. The van der Waals surface area contributed by atoms with Crippen molar-refractivity contribution in [3.63, 3.8) is 0 Å². The Morgan fingerprint density at radius 1 is 1.17 bits per heavy atom. The lowest BCUT2D eigenvalue weighted by Gasteiger charge is -2.26. The smallest absolute Gasteiger partial charge is 0.227 e. The van der Waals surface area contributed by atoms with Crippen LogP contribution in [0.15, 0.2) is 18.2 Å². The van der Waals surface area contributed by atoms with Gasteiger partial charge < -0.3 is 15.1 Å². The molecular weight excluding hydrogens is 312 g/mol. The number of carbonyl (C=O) groups is 1. The number of aryl methyl sites for hydroxylation is 2. The number of rotatable bonds is 10. The van der Waals surface area contributed by atoms with Crippen LogP contribution in [0, 0.1) is 0 Å². The number of amides is 1. The molecule has 0 saturated carbocycles. The standard InChI is InChI=1S/C17H26N2O5/c1-18-16-13-14(4-5-15(16)6-7-17(18)22)3-2-8-19(23-11-9-20)24-12-10-21/h4-5,13,20-21H,2-3,6-12H2,1H3. The summed E-state index contributed by atoms with van der Waals surface area (Å²) < 4.78 is 0. The molecule has 2 rings (SSSR count). The monoisotopic (exact) mass is 338 g/mol. The lowest BCUT2D eigenvalue weighted by molar-refractivity contribution is -0.371. The van der Waals surface area contributed by atoms with Crippen LogP contribution in [0.5, 0.6) is 0 Å². The highest BCUT2D eigenvalue weighted by Crippen LogP contribution is 2.28. The highest BCUT2D eigenvalue weighted by molar-refractivity contribution is 5.95. The number of benzene rings is 1. The van der Waals surface area contributed by atoms with Crippen molar-refractivity contribution >= 4 is 11.6 Å². The van der Waals surface area contributed by atoms with Gasteiger partial charge in [-0.1, -0.05) is 17.4 Å². The first kappa shape index (κ1) is 18.8. The number of nitrogens with zero attached hydrogens (tertiary/aromatic N) is 2. The molecule has 0 saturated heterocycles. The van der Waals surface area contributed by atoms with Crippen molar-refractivity contribution in [1.82, 2.24) is 5.23 Å². The van der Waals surface area contributed by atoms with E-state index in [0.29, 0.717) is 13.0 Å². The maximum absolute atomic E-state index is 11.8. The van der Waals surface area contributed by atoms with Crippen molar-refractivity contribution in [3.05, 3.63) is 29.3 Å². The molecule has 0 unspecified atom stereocenters. The highest BCUT2D eigenvalue weighted by Gasteiger charge is 2.20. The van der Waals surface area contributed by atoms with Crippen LogP contribution < -0.4 is 4.90 Å². The van der Waals surface area contributed by atoms with Gasteiger partial charge in [-0.15, -0.1) is 0 Å². The lowest BCUT2D eigenvalue weighted by Crippen LogP contribution is -2.31. The van der Waals surface area contributed by atoms with Crippen molar-refractivity contribution in [2.24, 2.45) is 0 Å². The molecule has 2 N–H and O–H groups in total. The van der Waals surface area contributed by atoms with Crippen LogP contribution >= 0.6 is 0 Å². The van der Waals surface area contributed by atoms with E-state index < -0.39 is 0 Å². The predicted molar refractivity (Wildman–Crippen MR) is 89.3 cm³/mol. The molecule has 0 bridgehead atoms. The Morgan fingerprint density at radius 2 is 1.88 bits per heavy atom. The molecule has 1 amide bonds. The molecular formula is C17H26N2O5. The van der Waals surface area contributed by atoms with Crippen LogP contribution in [-0.2, 0) is 27.3 Å². The summed E-state index contributed by atoms with van der Waals surface area (Å²) >= 11 is 0. The van der Waals surface area contributed by atoms with Crippen LogP contribution in [0.4, 0.5) is 5.69 Å². The zero-order valence-corrected chi connectivity index (χ0v) is 14.1. The Bertz CT molecular complexity index is 530. The second kappa shape index (κ2) is 9.71. The van der Waals surface area contributed by atoms with Crippen LogP contribution in [0.2, 0.25) is 0 Å². The molecule has 0 fully saturated rings. The zero-order chi connectivity index (χ0) is 17.4. The van der Waals surface area contributed by atoms with Crippen molar-refractivity contribution in [1.29, 1.82) is 0 Å². The number of hydrogen-bond acceptors (Lipinski definition) is 6. The summed E-state index contributed by atoms with van der Waals surface area (Å²) in [6.45, 7) is 0.633. The minimum absolute atomic E-state index is 0.0931. The molecule has 1 aromatic rings. The summed E-state index contributed by atoms with van der Waals surface area (Å²) in [6, 6.07) is 6.26. The van der Waals surface area contributed by atoms with E-state index in [1.54, 1.807) is 4.90 Å². The number of hydroxylamine groups is 2. The molecule has 0 aliphatic carbocycles. The van der Waals surface area contributed by atoms with E-state index in [4.69, 9.17) is 19.9 Å². The zero-order valence-electron chi connectivity index (χ0n) is 14.1. The molecule has 7 heteroatoms. The molecule has 7 nitrogen and oxygen atoms in total. The first-order valence-electron chi connectivity index (χ1n) is 8.29. The summed E-state index contributed by atoms with van der Waals surface area (Å²) in [5.74, 6) is 0.153. The van der Waals surface area contributed by atoms with Gasteiger partial charge in [-0.2, -0.15) is 0 Å². The first-order chi connectivity index (χ1) is 11.7. The Balaban J connectivity index is 1.88. The van der Waals surface area contributed by atoms with E-state index in [1.165, 1.54) is 10.8 Å². The number of anilines is 1. The number of hydrogen-bond donors (Lipinski definition) is 2. The normalized spacial score (nSPS) is 14.3. The minimum Gasteiger partial charge on any atom is -0.394 e. The highest BCUT2D eigenvalue weighted by atomic mass is 16.9. The third kappa shape index (κ3) is 5.25. The van der Waals surface area contributed by atoms with E-state index in [0.717, 1.165) is 30.5 Å². The molecule has 1 heterocycles. The molecule has 134 valence electrons. The molecule has 0 spiro atoms. The molecule has 1 aliphatic rings. The van der Waals surface area contributed by atoms with Gasteiger partial charge in [0.2, 0.25) is 5.91 Å². The average molecular weight is 338 g/mol. The van der Waals surface area contributed by atoms with Gasteiger partial charge in [0.25, 0.3) is 0 Å². The van der Waals surface area contributed by atoms with Gasteiger partial charge in [-0.3, -0.25) is 14.5 Å². The quantitative estimate of drug-likeness (QED) is 0.611. The van der Waals surface area contributed by atoms with Crippen molar-refractivity contribution in [2.45, 2.75) is 25.7 Å². The van der Waals surface area contributed by atoms with Crippen LogP contribution in [0.3, 0.4) is 0 Å². The van der Waals surface area contributed by atoms with E-state index in [2.05, 4.69) is 18.2 Å². The average Bonchev–Trinajstić information content (AvgIpc) is 2.60. The van der Waals surface area contributed by atoms with Crippen LogP contribution in [-0.4, -0.2) is 61.4 Å². The maximum atomic E-state index is 11.8. The van der Waals surface area contributed by atoms with E-state index in [9.17, 15) is 4.79 Å². The molecule has 1 aliphatic heterocycles. The Morgan fingerprint density at radius 3 is 2.54 bits per heavy atom. The molecule has 0 radical (unpaired) electrons. The molecule has 0 aromatic heterocycles. The predicted octanol–water partition coefficient (Wildman–Crippen LogP) is 0.678. The maximum Gasteiger partial charge on any atom is 0.227 e. The van der Waals surface area contributed by atoms with Gasteiger partial charge in [-0.05, 0) is 36.5 Å². The van der Waals surface area contributed by atoms with Gasteiger partial charge in [0.05, 0.1) is 33.0 Å². The van der Waals surface area contributed by atoms with Gasteiger partial charge in [0, 0.05) is 19.2 Å². The fourth-order valence-corrected chi connectivity index (χ4v) is 2.70. The Labute approximate surface area is 142 Å². The third-order valence-electron chi connectivity index (χ3n) is 3.95. The van der Waals surface area contributed by atoms with Gasteiger partial charge in [0.15, 0.2) is 0 Å². The molecule has 24 heavy (non-hydrogen) atoms. The molecule has 1 aromatic carbocycles. The number of fused-ring (bicyclic) bond motifs is 1. The van der Waals surface area contributed by atoms with Crippen molar-refractivity contribution < 1.29 is 24.7 Å². The fourth-order valence-electron chi connectivity index (χ4n) is 2.70. The number of carbonyl (C=O) groups excluding carboxylic acids is 1. The van der Waals surface area contributed by atoms with Crippen molar-refractivity contribution in [2.75, 3.05) is 44.9 Å². The van der Waals surface area contributed by atoms with E-state index in [1.807, 2.05) is 7.05 Å². The van der Waals surface area contributed by atoms with Gasteiger partial charge in [0.1, 0.15) is 0 Å². The molecule has 0 atom stereocenters. The lowest BCUT2D eigenvalue weighted by atomic mass is 9.98. The van der Waals surface area contributed by atoms with Crippen LogP contribution in [0.25, 0.3) is 0 Å². The topological polar surface area (TPSA) is 82.5 Å². The summed E-state index contributed by atoms with van der Waals surface area (Å²) in [4.78, 5) is 24.0. The largest absolute Gasteiger partial charge is 0.394 e.